The minimum atomic E-state index is 0.639. The summed E-state index contributed by atoms with van der Waals surface area (Å²) in [5, 5.41) is 0. The zero-order valence-corrected chi connectivity index (χ0v) is 9.12. The molecule has 0 fully saturated rings. The average molecular weight is 194 g/mol. The van der Waals surface area contributed by atoms with Gasteiger partial charge in [-0.1, -0.05) is 26.0 Å². The van der Waals surface area contributed by atoms with Crippen molar-refractivity contribution >= 4 is 6.29 Å². The van der Waals surface area contributed by atoms with Gasteiger partial charge in [-0.2, -0.15) is 0 Å². The van der Waals surface area contributed by atoms with Gasteiger partial charge in [-0.05, 0) is 24.1 Å². The number of methoxy groups -OCH3 is 1. The van der Waals surface area contributed by atoms with E-state index in [1.807, 2.05) is 19.1 Å². The summed E-state index contributed by atoms with van der Waals surface area (Å²) in [5.74, 6) is 0.928. The van der Waals surface area contributed by atoms with E-state index in [9.17, 15) is 4.79 Å². The maximum Gasteiger partial charge on any atom is 0.119 e. The number of benzene rings is 1. The van der Waals surface area contributed by atoms with Crippen LogP contribution >= 0.6 is 0 Å². The van der Waals surface area contributed by atoms with Gasteiger partial charge in [-0.3, -0.25) is 0 Å². The molecule has 2 heteroatoms. The minimum Gasteiger partial charge on any atom is -0.497 e. The lowest BCUT2D eigenvalue weighted by Crippen LogP contribution is -1.83. The molecule has 0 aliphatic rings. The maximum absolute atomic E-state index is 9.17. The third-order valence-electron chi connectivity index (χ3n) is 1.73. The van der Waals surface area contributed by atoms with Crippen LogP contribution in [0.4, 0.5) is 0 Å². The van der Waals surface area contributed by atoms with E-state index in [-0.39, 0.29) is 0 Å². The van der Waals surface area contributed by atoms with Crippen LogP contribution in [0.2, 0.25) is 0 Å². The predicted molar refractivity (Wildman–Crippen MR) is 58.7 cm³/mol. The second-order valence-electron chi connectivity index (χ2n) is 2.78. The van der Waals surface area contributed by atoms with Crippen molar-refractivity contribution in [3.8, 4) is 5.75 Å². The second kappa shape index (κ2) is 8.30. The number of carbonyl (C=O) groups excluding carboxylic acids is 1. The van der Waals surface area contributed by atoms with Crippen LogP contribution in [-0.2, 0) is 11.2 Å². The molecule has 0 atom stereocenters. The fourth-order valence-electron chi connectivity index (χ4n) is 0.861. The van der Waals surface area contributed by atoms with Gasteiger partial charge in [-0.15, -0.1) is 0 Å². The molecule has 78 valence electrons. The fraction of sp³-hybridized carbons (Fsp3) is 0.417. The first-order valence-corrected chi connectivity index (χ1v) is 4.85. The molecule has 0 aliphatic heterocycles. The van der Waals surface area contributed by atoms with Gasteiger partial charge in [0.2, 0.25) is 0 Å². The highest BCUT2D eigenvalue weighted by atomic mass is 16.5. The summed E-state index contributed by atoms with van der Waals surface area (Å²) >= 11 is 0. The fourth-order valence-corrected chi connectivity index (χ4v) is 0.861. The van der Waals surface area contributed by atoms with E-state index >= 15 is 0 Å². The van der Waals surface area contributed by atoms with Gasteiger partial charge in [-0.25, -0.2) is 0 Å². The molecule has 1 aromatic carbocycles. The summed E-state index contributed by atoms with van der Waals surface area (Å²) < 4.78 is 5.01. The third-order valence-corrected chi connectivity index (χ3v) is 1.73. The number of ether oxygens (including phenoxy) is 1. The first-order chi connectivity index (χ1) is 6.78. The zero-order valence-electron chi connectivity index (χ0n) is 9.12. The van der Waals surface area contributed by atoms with Crippen molar-refractivity contribution in [3.05, 3.63) is 29.8 Å². The molecule has 0 amide bonds. The van der Waals surface area contributed by atoms with Crippen molar-refractivity contribution in [1.82, 2.24) is 0 Å². The van der Waals surface area contributed by atoms with Gasteiger partial charge in [0.05, 0.1) is 7.11 Å². The maximum atomic E-state index is 9.17. The van der Waals surface area contributed by atoms with Gasteiger partial charge in [0, 0.05) is 6.42 Å². The minimum absolute atomic E-state index is 0.639. The van der Waals surface area contributed by atoms with Crippen LogP contribution in [0, 0.1) is 0 Å². The molecule has 0 bridgehead atoms. The Kier molecular flexibility index (Phi) is 7.52. The average Bonchev–Trinajstić information content (AvgIpc) is 2.29. The van der Waals surface area contributed by atoms with Crippen molar-refractivity contribution in [2.45, 2.75) is 26.7 Å². The monoisotopic (exact) mass is 194 g/mol. The largest absolute Gasteiger partial charge is 0.497 e. The Bertz CT molecular complexity index is 216. The van der Waals surface area contributed by atoms with Crippen LogP contribution in [-0.4, -0.2) is 13.4 Å². The number of rotatable bonds is 3. The molecule has 0 heterocycles. The van der Waals surface area contributed by atoms with Crippen LogP contribution < -0.4 is 4.74 Å². The van der Waals surface area contributed by atoms with Gasteiger partial charge >= 0.3 is 0 Å². The lowest BCUT2D eigenvalue weighted by atomic mass is 10.2. The topological polar surface area (TPSA) is 26.3 Å². The predicted octanol–water partition coefficient (Wildman–Crippen LogP) is 2.85. The Morgan fingerprint density at radius 1 is 1.21 bits per heavy atom. The van der Waals surface area contributed by atoms with Crippen molar-refractivity contribution in [2.24, 2.45) is 0 Å². The Morgan fingerprint density at radius 2 is 1.71 bits per heavy atom. The van der Waals surface area contributed by atoms with Crippen molar-refractivity contribution in [1.29, 1.82) is 0 Å². The standard InChI is InChI=1S/C9H12O.C3H6O/c1-3-8-4-6-9(10-2)7-5-8;1-2-3-4/h4-7H,3H2,1-2H3;3H,2H2,1H3. The highest BCUT2D eigenvalue weighted by Gasteiger charge is 1.89. The van der Waals surface area contributed by atoms with Gasteiger partial charge in [0.1, 0.15) is 12.0 Å². The molecule has 1 rings (SSSR count). The molecule has 0 N–H and O–H groups in total. The molecular weight excluding hydrogens is 176 g/mol. The van der Waals surface area contributed by atoms with E-state index in [0.29, 0.717) is 6.42 Å². The van der Waals surface area contributed by atoms with Crippen LogP contribution in [0.5, 0.6) is 5.75 Å². The summed E-state index contributed by atoms with van der Waals surface area (Å²) in [5.41, 5.74) is 1.35. The van der Waals surface area contributed by atoms with Crippen LogP contribution in [0.25, 0.3) is 0 Å². The molecule has 2 nitrogen and oxygen atoms in total. The van der Waals surface area contributed by atoms with E-state index in [4.69, 9.17) is 4.74 Å². The molecule has 0 saturated carbocycles. The van der Waals surface area contributed by atoms with Gasteiger partial charge in [0.25, 0.3) is 0 Å². The molecule has 0 spiro atoms. The Morgan fingerprint density at radius 3 is 2.00 bits per heavy atom. The van der Waals surface area contributed by atoms with E-state index in [1.54, 1.807) is 7.11 Å². The van der Waals surface area contributed by atoms with E-state index in [2.05, 4.69) is 19.1 Å². The van der Waals surface area contributed by atoms with Crippen molar-refractivity contribution in [3.63, 3.8) is 0 Å². The molecule has 0 saturated heterocycles. The lowest BCUT2D eigenvalue weighted by molar-refractivity contribution is -0.107. The Balaban J connectivity index is 0.000000364. The highest BCUT2D eigenvalue weighted by molar-refractivity contribution is 5.48. The number of aryl methyl sites for hydroxylation is 1. The quantitative estimate of drug-likeness (QED) is 0.691. The van der Waals surface area contributed by atoms with E-state index < -0.39 is 0 Å². The molecular formula is C12H18O2. The summed E-state index contributed by atoms with van der Waals surface area (Å²) in [6.45, 7) is 3.95. The van der Waals surface area contributed by atoms with Crippen LogP contribution in [0.3, 0.4) is 0 Å². The molecule has 0 aromatic heterocycles. The Labute approximate surface area is 85.9 Å². The van der Waals surface area contributed by atoms with Crippen LogP contribution in [0.15, 0.2) is 24.3 Å². The number of carbonyl (C=O) groups is 1. The van der Waals surface area contributed by atoms with Crippen molar-refractivity contribution < 1.29 is 9.53 Å². The summed E-state index contributed by atoms with van der Waals surface area (Å²) in [4.78, 5) is 9.17. The smallest absolute Gasteiger partial charge is 0.119 e. The summed E-state index contributed by atoms with van der Waals surface area (Å²) in [6.07, 6.45) is 2.60. The normalized spacial score (nSPS) is 8.50. The summed E-state index contributed by atoms with van der Waals surface area (Å²) in [7, 11) is 1.68. The first kappa shape index (κ1) is 12.7. The SMILES string of the molecule is CCC=O.CCc1ccc(OC)cc1. The second-order valence-corrected chi connectivity index (χ2v) is 2.78. The Hall–Kier alpha value is -1.31. The van der Waals surface area contributed by atoms with Gasteiger partial charge < -0.3 is 9.53 Å². The first-order valence-electron chi connectivity index (χ1n) is 4.85. The van der Waals surface area contributed by atoms with E-state index in [1.165, 1.54) is 5.56 Å². The zero-order chi connectivity index (χ0) is 10.8. The number of hydrogen-bond donors (Lipinski definition) is 0. The molecule has 0 unspecified atom stereocenters. The molecule has 0 radical (unpaired) electrons. The van der Waals surface area contributed by atoms with Crippen molar-refractivity contribution in [2.75, 3.05) is 7.11 Å². The number of aldehydes is 1. The third kappa shape index (κ3) is 5.36. The highest BCUT2D eigenvalue weighted by Crippen LogP contribution is 2.10. The molecule has 1 aromatic rings. The summed E-state index contributed by atoms with van der Waals surface area (Å²) in [6, 6.07) is 8.13. The molecule has 14 heavy (non-hydrogen) atoms. The van der Waals surface area contributed by atoms with E-state index in [0.717, 1.165) is 18.5 Å². The number of hydrogen-bond acceptors (Lipinski definition) is 2. The lowest BCUT2D eigenvalue weighted by Gasteiger charge is -1.99. The molecule has 0 aliphatic carbocycles. The van der Waals surface area contributed by atoms with Gasteiger partial charge in [0.15, 0.2) is 0 Å². The van der Waals surface area contributed by atoms with Crippen LogP contribution in [0.1, 0.15) is 25.8 Å².